The fourth-order valence-electron chi connectivity index (χ4n) is 2.86. The molecule has 31 heavy (non-hydrogen) atoms. The number of rotatable bonds is 9. The highest BCUT2D eigenvalue weighted by atomic mass is 16.5. The van der Waals surface area contributed by atoms with Crippen LogP contribution in [0.3, 0.4) is 0 Å². The maximum atomic E-state index is 12.8. The summed E-state index contributed by atoms with van der Waals surface area (Å²) in [6.07, 6.45) is 0. The lowest BCUT2D eigenvalue weighted by Crippen LogP contribution is -2.20. The molecule has 2 amide bonds. The third-order valence-electron chi connectivity index (χ3n) is 4.42. The highest BCUT2D eigenvalue weighted by molar-refractivity contribution is 6.05. The van der Waals surface area contributed by atoms with Gasteiger partial charge in [-0.1, -0.05) is 36.4 Å². The molecule has 0 bridgehead atoms. The minimum absolute atomic E-state index is 0.284. The van der Waals surface area contributed by atoms with Crippen LogP contribution in [0.2, 0.25) is 0 Å². The summed E-state index contributed by atoms with van der Waals surface area (Å²) >= 11 is 0. The Balaban J connectivity index is 1.76. The molecular weight excluding hydrogens is 396 g/mol. The van der Waals surface area contributed by atoms with Crippen molar-refractivity contribution < 1.29 is 23.8 Å². The molecule has 3 rings (SSSR count). The Morgan fingerprint density at radius 1 is 0.903 bits per heavy atom. The molecule has 7 heteroatoms. The van der Waals surface area contributed by atoms with Crippen LogP contribution < -0.4 is 25.3 Å². The molecule has 0 radical (unpaired) electrons. The highest BCUT2D eigenvalue weighted by Crippen LogP contribution is 2.30. The van der Waals surface area contributed by atoms with E-state index >= 15 is 0 Å². The van der Waals surface area contributed by atoms with E-state index in [1.807, 2.05) is 49.4 Å². The summed E-state index contributed by atoms with van der Waals surface area (Å²) in [5, 5.41) is 2.88. The Kier molecular flexibility index (Phi) is 7.11. The van der Waals surface area contributed by atoms with Crippen molar-refractivity contribution in [1.82, 2.24) is 0 Å². The molecular formula is C24H24N2O5. The minimum atomic E-state index is -0.605. The second-order valence-corrected chi connectivity index (χ2v) is 6.85. The third-order valence-corrected chi connectivity index (χ3v) is 4.42. The van der Waals surface area contributed by atoms with Crippen molar-refractivity contribution in [3.8, 4) is 17.2 Å². The van der Waals surface area contributed by atoms with Crippen molar-refractivity contribution in [2.75, 3.05) is 19.0 Å². The lowest BCUT2D eigenvalue weighted by molar-refractivity contribution is -0.119. The van der Waals surface area contributed by atoms with Gasteiger partial charge in [-0.25, -0.2) is 0 Å². The van der Waals surface area contributed by atoms with Gasteiger partial charge in [-0.3, -0.25) is 9.59 Å². The molecule has 0 aliphatic rings. The van der Waals surface area contributed by atoms with Crippen LogP contribution in [0.1, 0.15) is 21.5 Å². The van der Waals surface area contributed by atoms with Crippen LogP contribution in [0, 0.1) is 6.92 Å². The van der Waals surface area contributed by atoms with Crippen molar-refractivity contribution in [1.29, 1.82) is 0 Å². The van der Waals surface area contributed by atoms with Crippen molar-refractivity contribution >= 4 is 17.5 Å². The summed E-state index contributed by atoms with van der Waals surface area (Å²) in [5.74, 6) is 0.267. The maximum absolute atomic E-state index is 12.8. The van der Waals surface area contributed by atoms with Gasteiger partial charge in [0.15, 0.2) is 18.1 Å². The number of nitrogens with one attached hydrogen (secondary N) is 1. The molecule has 0 unspecified atom stereocenters. The number of methoxy groups -OCH3 is 1. The first-order valence-corrected chi connectivity index (χ1v) is 9.64. The highest BCUT2D eigenvalue weighted by Gasteiger charge is 2.14. The lowest BCUT2D eigenvalue weighted by Gasteiger charge is -2.15. The molecule has 0 atom stereocenters. The quantitative estimate of drug-likeness (QED) is 0.550. The fraction of sp³-hybridized carbons (Fsp3) is 0.167. The number of carbonyl (C=O) groups is 2. The van der Waals surface area contributed by atoms with Crippen LogP contribution in [-0.4, -0.2) is 25.5 Å². The van der Waals surface area contributed by atoms with Crippen molar-refractivity contribution in [2.45, 2.75) is 13.5 Å². The van der Waals surface area contributed by atoms with Crippen LogP contribution in [-0.2, 0) is 11.4 Å². The van der Waals surface area contributed by atoms with Gasteiger partial charge in [-0.05, 0) is 48.4 Å². The van der Waals surface area contributed by atoms with Crippen molar-refractivity contribution in [3.05, 3.63) is 83.4 Å². The Morgan fingerprint density at radius 3 is 2.39 bits per heavy atom. The van der Waals surface area contributed by atoms with E-state index in [9.17, 15) is 9.59 Å². The summed E-state index contributed by atoms with van der Waals surface area (Å²) in [7, 11) is 1.45. The van der Waals surface area contributed by atoms with E-state index in [1.54, 1.807) is 18.2 Å². The second kappa shape index (κ2) is 10.2. The van der Waals surface area contributed by atoms with E-state index < -0.39 is 5.91 Å². The number of amides is 2. The van der Waals surface area contributed by atoms with Gasteiger partial charge in [0.05, 0.1) is 12.8 Å². The predicted octanol–water partition coefficient (Wildman–Crippen LogP) is 3.70. The number of primary amides is 1. The lowest BCUT2D eigenvalue weighted by atomic mass is 10.1. The van der Waals surface area contributed by atoms with E-state index in [0.717, 1.165) is 11.1 Å². The molecule has 7 nitrogen and oxygen atoms in total. The zero-order chi connectivity index (χ0) is 22.2. The Hall–Kier alpha value is -4.00. The van der Waals surface area contributed by atoms with Gasteiger partial charge in [-0.15, -0.1) is 0 Å². The number of hydrogen-bond donors (Lipinski definition) is 2. The maximum Gasteiger partial charge on any atom is 0.255 e. The normalized spacial score (nSPS) is 10.3. The average molecular weight is 420 g/mol. The molecule has 0 aliphatic carbocycles. The van der Waals surface area contributed by atoms with E-state index in [-0.39, 0.29) is 12.5 Å². The van der Waals surface area contributed by atoms with Crippen molar-refractivity contribution in [3.63, 3.8) is 0 Å². The number of carbonyl (C=O) groups excluding carboxylic acids is 2. The average Bonchev–Trinajstić information content (AvgIpc) is 2.78. The number of benzene rings is 3. The molecule has 3 aromatic rings. The number of anilines is 1. The largest absolute Gasteiger partial charge is 0.493 e. The molecule has 0 aromatic heterocycles. The Morgan fingerprint density at radius 2 is 1.68 bits per heavy atom. The first kappa shape index (κ1) is 21.7. The molecule has 0 spiro atoms. The van der Waals surface area contributed by atoms with Crippen molar-refractivity contribution in [2.24, 2.45) is 5.73 Å². The van der Waals surface area contributed by atoms with Crippen LogP contribution >= 0.6 is 0 Å². The predicted molar refractivity (Wildman–Crippen MR) is 118 cm³/mol. The molecule has 0 saturated heterocycles. The zero-order valence-corrected chi connectivity index (χ0v) is 17.4. The third kappa shape index (κ3) is 5.99. The van der Waals surface area contributed by atoms with E-state index in [2.05, 4.69) is 5.32 Å². The number of hydrogen-bond acceptors (Lipinski definition) is 5. The fourth-order valence-corrected chi connectivity index (χ4v) is 2.86. The van der Waals surface area contributed by atoms with E-state index in [4.69, 9.17) is 19.9 Å². The Labute approximate surface area is 180 Å². The molecule has 3 N–H and O–H groups in total. The van der Waals surface area contributed by atoms with E-state index in [0.29, 0.717) is 35.1 Å². The minimum Gasteiger partial charge on any atom is -0.493 e. The van der Waals surface area contributed by atoms with Gasteiger partial charge in [0.25, 0.3) is 11.8 Å². The topological polar surface area (TPSA) is 99.9 Å². The van der Waals surface area contributed by atoms with Crippen LogP contribution in [0.15, 0.2) is 66.7 Å². The monoisotopic (exact) mass is 420 g/mol. The second-order valence-electron chi connectivity index (χ2n) is 6.85. The Bertz CT molecular complexity index is 1070. The summed E-state index contributed by atoms with van der Waals surface area (Å²) in [4.78, 5) is 23.8. The summed E-state index contributed by atoms with van der Waals surface area (Å²) < 4.78 is 16.5. The molecule has 0 saturated carbocycles. The molecule has 3 aromatic carbocycles. The molecule has 0 fully saturated rings. The molecule has 160 valence electrons. The summed E-state index contributed by atoms with van der Waals surface area (Å²) in [6.45, 7) is 2.05. The summed E-state index contributed by atoms with van der Waals surface area (Å²) in [6, 6.07) is 20.0. The van der Waals surface area contributed by atoms with Gasteiger partial charge < -0.3 is 25.3 Å². The SMILES string of the molecule is COc1cc(C(=O)Nc2ccc(C)cc2OCc2ccccc2)ccc1OCC(N)=O. The number of nitrogens with two attached hydrogens (primary N) is 1. The van der Waals surface area contributed by atoms with Crippen LogP contribution in [0.25, 0.3) is 0 Å². The first-order chi connectivity index (χ1) is 15.0. The number of ether oxygens (including phenoxy) is 3. The zero-order valence-electron chi connectivity index (χ0n) is 17.4. The summed E-state index contributed by atoms with van der Waals surface area (Å²) in [5.41, 5.74) is 8.05. The van der Waals surface area contributed by atoms with Gasteiger partial charge in [-0.2, -0.15) is 0 Å². The first-order valence-electron chi connectivity index (χ1n) is 9.64. The van der Waals surface area contributed by atoms with E-state index in [1.165, 1.54) is 13.2 Å². The van der Waals surface area contributed by atoms with Gasteiger partial charge >= 0.3 is 0 Å². The smallest absolute Gasteiger partial charge is 0.255 e. The van der Waals surface area contributed by atoms with Gasteiger partial charge in [0.2, 0.25) is 0 Å². The van der Waals surface area contributed by atoms with Gasteiger partial charge in [0.1, 0.15) is 12.4 Å². The molecule has 0 heterocycles. The standard InChI is InChI=1S/C24H24N2O5/c1-16-8-10-19(21(12-16)30-14-17-6-4-3-5-7-17)26-24(28)18-9-11-20(22(13-18)29-2)31-15-23(25)27/h3-13H,14-15H2,1-2H3,(H2,25,27)(H,26,28). The molecule has 0 aliphatic heterocycles. The van der Waals surface area contributed by atoms with Gasteiger partial charge in [0, 0.05) is 5.56 Å². The number of aryl methyl sites for hydroxylation is 1. The van der Waals surface area contributed by atoms with Crippen LogP contribution in [0.5, 0.6) is 17.2 Å². The van der Waals surface area contributed by atoms with Crippen LogP contribution in [0.4, 0.5) is 5.69 Å².